The van der Waals surface area contributed by atoms with Crippen LogP contribution >= 0.6 is 11.3 Å². The van der Waals surface area contributed by atoms with Gasteiger partial charge in [0.05, 0.1) is 11.9 Å². The van der Waals surface area contributed by atoms with E-state index in [9.17, 15) is 9.59 Å². The number of fused-ring (bicyclic) bond motifs is 1. The van der Waals surface area contributed by atoms with Gasteiger partial charge in [-0.15, -0.1) is 11.3 Å². The summed E-state index contributed by atoms with van der Waals surface area (Å²) in [6, 6.07) is 22.5. The summed E-state index contributed by atoms with van der Waals surface area (Å²) >= 11 is 1.48. The van der Waals surface area contributed by atoms with Gasteiger partial charge >= 0.3 is 5.97 Å². The van der Waals surface area contributed by atoms with Crippen LogP contribution in [0, 0.1) is 6.92 Å². The number of carbonyl (C=O) groups is 1. The molecule has 32 heavy (non-hydrogen) atoms. The van der Waals surface area contributed by atoms with Gasteiger partial charge in [0, 0.05) is 10.4 Å². The summed E-state index contributed by atoms with van der Waals surface area (Å²) in [4.78, 5) is 31.2. The number of carboxylic acid groups (broad SMARTS) is 1. The van der Waals surface area contributed by atoms with Crippen LogP contribution in [0.15, 0.2) is 82.0 Å². The van der Waals surface area contributed by atoms with Crippen LogP contribution in [0.25, 0.3) is 32.0 Å². The molecule has 5 rings (SSSR count). The molecular weight excluding hydrogens is 424 g/mol. The minimum atomic E-state index is -1.15. The van der Waals surface area contributed by atoms with E-state index < -0.39 is 5.97 Å². The highest BCUT2D eigenvalue weighted by atomic mass is 32.1. The van der Waals surface area contributed by atoms with E-state index in [4.69, 9.17) is 14.5 Å². The molecule has 0 saturated carbocycles. The summed E-state index contributed by atoms with van der Waals surface area (Å²) in [5.41, 5.74) is 2.68. The van der Waals surface area contributed by atoms with E-state index in [1.54, 1.807) is 10.6 Å². The zero-order valence-electron chi connectivity index (χ0n) is 17.1. The van der Waals surface area contributed by atoms with Crippen LogP contribution in [0.4, 0.5) is 0 Å². The van der Waals surface area contributed by atoms with Gasteiger partial charge in [-0.2, -0.15) is 0 Å². The molecule has 2 aromatic carbocycles. The quantitative estimate of drug-likeness (QED) is 0.392. The van der Waals surface area contributed by atoms with Gasteiger partial charge in [0.2, 0.25) is 5.76 Å². The molecule has 0 fully saturated rings. The van der Waals surface area contributed by atoms with Gasteiger partial charge in [0.25, 0.3) is 5.56 Å². The van der Waals surface area contributed by atoms with Crippen molar-refractivity contribution in [1.29, 1.82) is 0 Å². The Hall–Kier alpha value is -3.97. The first-order chi connectivity index (χ1) is 15.5. The number of furan rings is 1. The lowest BCUT2D eigenvalue weighted by Gasteiger charge is -2.12. The van der Waals surface area contributed by atoms with Crippen LogP contribution < -0.4 is 5.56 Å². The molecule has 0 bridgehead atoms. The average molecular weight is 442 g/mol. The van der Waals surface area contributed by atoms with Crippen LogP contribution in [0.5, 0.6) is 0 Å². The van der Waals surface area contributed by atoms with Crippen molar-refractivity contribution in [1.82, 2.24) is 9.55 Å². The first-order valence-corrected chi connectivity index (χ1v) is 10.8. The van der Waals surface area contributed by atoms with Gasteiger partial charge in [-0.05, 0) is 36.8 Å². The predicted molar refractivity (Wildman–Crippen MR) is 124 cm³/mol. The zero-order valence-corrected chi connectivity index (χ0v) is 17.9. The number of rotatable bonds is 5. The number of nitrogens with zero attached hydrogens (tertiary/aromatic N) is 2. The summed E-state index contributed by atoms with van der Waals surface area (Å²) in [5.74, 6) is -0.429. The molecule has 1 N–H and O–H groups in total. The second-order valence-corrected chi connectivity index (χ2v) is 8.49. The Bertz CT molecular complexity index is 1510. The predicted octanol–water partition coefficient (Wildman–Crippen LogP) is 5.44. The molecule has 158 valence electrons. The molecule has 5 aromatic rings. The molecule has 0 aliphatic rings. The van der Waals surface area contributed by atoms with Crippen molar-refractivity contribution in [2.75, 3.05) is 0 Å². The lowest BCUT2D eigenvalue weighted by molar-refractivity contribution is 0.0660. The monoisotopic (exact) mass is 442 g/mol. The standard InChI is InChI=1S/C25H18N2O4S/c1-15-6-5-9-17(12-15)22-26-23-19(13-21(32-23)16-7-3-2-4-8-16)24(28)27(22)14-18-10-11-20(31-18)25(29)30/h2-13H,14H2,1H3,(H,29,30). The molecule has 3 aromatic heterocycles. The molecule has 0 atom stereocenters. The van der Waals surface area contributed by atoms with Gasteiger partial charge in [0.1, 0.15) is 16.4 Å². The fraction of sp³-hybridized carbons (Fsp3) is 0.0800. The number of thiophene rings is 1. The maximum Gasteiger partial charge on any atom is 0.371 e. The first-order valence-electron chi connectivity index (χ1n) is 9.98. The zero-order chi connectivity index (χ0) is 22.2. The molecule has 0 aliphatic carbocycles. The van der Waals surface area contributed by atoms with Gasteiger partial charge in [-0.1, -0.05) is 54.1 Å². The van der Waals surface area contributed by atoms with Gasteiger partial charge in [-0.3, -0.25) is 9.36 Å². The van der Waals surface area contributed by atoms with Gasteiger partial charge in [0.15, 0.2) is 0 Å². The Kier molecular flexibility index (Phi) is 4.95. The Morgan fingerprint density at radius 3 is 2.53 bits per heavy atom. The van der Waals surface area contributed by atoms with E-state index in [2.05, 4.69) is 0 Å². The van der Waals surface area contributed by atoms with E-state index in [0.717, 1.165) is 21.6 Å². The van der Waals surface area contributed by atoms with Crippen LogP contribution in [0.3, 0.4) is 0 Å². The molecule has 7 heteroatoms. The van der Waals surface area contributed by atoms with Crippen LogP contribution in [0.1, 0.15) is 21.9 Å². The average Bonchev–Trinajstić information content (AvgIpc) is 3.44. The van der Waals surface area contributed by atoms with Crippen LogP contribution in [0.2, 0.25) is 0 Å². The smallest absolute Gasteiger partial charge is 0.371 e. The van der Waals surface area contributed by atoms with Crippen molar-refractivity contribution in [2.24, 2.45) is 0 Å². The third-order valence-corrected chi connectivity index (χ3v) is 6.25. The largest absolute Gasteiger partial charge is 0.475 e. The Morgan fingerprint density at radius 2 is 1.81 bits per heavy atom. The molecule has 0 aliphatic heterocycles. The SMILES string of the molecule is Cc1cccc(-c2nc3sc(-c4ccccc4)cc3c(=O)n2Cc2ccc(C(=O)O)o2)c1. The Morgan fingerprint density at radius 1 is 1.03 bits per heavy atom. The Labute approximate surface area is 187 Å². The highest BCUT2D eigenvalue weighted by molar-refractivity contribution is 7.21. The van der Waals surface area contributed by atoms with Crippen molar-refractivity contribution < 1.29 is 14.3 Å². The normalized spacial score (nSPS) is 11.2. The third kappa shape index (κ3) is 3.63. The minimum Gasteiger partial charge on any atom is -0.475 e. The van der Waals surface area contributed by atoms with E-state index >= 15 is 0 Å². The maximum absolute atomic E-state index is 13.6. The van der Waals surface area contributed by atoms with E-state index in [1.165, 1.54) is 17.4 Å². The number of benzene rings is 2. The minimum absolute atomic E-state index is 0.0782. The number of aryl methyl sites for hydroxylation is 1. The second kappa shape index (κ2) is 7.94. The van der Waals surface area contributed by atoms with Crippen molar-refractivity contribution in [3.63, 3.8) is 0 Å². The summed E-state index contributed by atoms with van der Waals surface area (Å²) in [6.07, 6.45) is 0. The van der Waals surface area contributed by atoms with Crippen LogP contribution in [-0.4, -0.2) is 20.6 Å². The van der Waals surface area contributed by atoms with E-state index in [0.29, 0.717) is 21.8 Å². The Balaban J connectivity index is 1.71. The third-order valence-electron chi connectivity index (χ3n) is 5.17. The maximum atomic E-state index is 13.6. The topological polar surface area (TPSA) is 85.3 Å². The molecule has 0 amide bonds. The molecule has 0 saturated heterocycles. The van der Waals surface area contributed by atoms with Gasteiger partial charge in [-0.25, -0.2) is 9.78 Å². The van der Waals surface area contributed by atoms with Crippen molar-refractivity contribution in [3.8, 4) is 21.8 Å². The molecule has 3 heterocycles. The second-order valence-electron chi connectivity index (χ2n) is 7.46. The first kappa shape index (κ1) is 20.0. The van der Waals surface area contributed by atoms with E-state index in [-0.39, 0.29) is 17.9 Å². The van der Waals surface area contributed by atoms with E-state index in [1.807, 2.05) is 67.6 Å². The molecular formula is C25H18N2O4S. The van der Waals surface area contributed by atoms with Crippen LogP contribution in [-0.2, 0) is 6.54 Å². The van der Waals surface area contributed by atoms with Crippen molar-refractivity contribution in [2.45, 2.75) is 13.5 Å². The number of aromatic nitrogens is 2. The summed E-state index contributed by atoms with van der Waals surface area (Å²) in [6.45, 7) is 2.06. The molecule has 0 unspecified atom stereocenters. The van der Waals surface area contributed by atoms with Crippen molar-refractivity contribution >= 4 is 27.5 Å². The lowest BCUT2D eigenvalue weighted by atomic mass is 10.1. The summed E-state index contributed by atoms with van der Waals surface area (Å²) in [5, 5.41) is 9.68. The number of hydrogen-bond donors (Lipinski definition) is 1. The highest BCUT2D eigenvalue weighted by Crippen LogP contribution is 2.32. The highest BCUT2D eigenvalue weighted by Gasteiger charge is 2.18. The summed E-state index contributed by atoms with van der Waals surface area (Å²) < 4.78 is 6.97. The molecule has 6 nitrogen and oxygen atoms in total. The van der Waals surface area contributed by atoms with Gasteiger partial charge < -0.3 is 9.52 Å². The number of aromatic carboxylic acids is 1. The lowest BCUT2D eigenvalue weighted by Crippen LogP contribution is -2.23. The number of carboxylic acids is 1. The fourth-order valence-corrected chi connectivity index (χ4v) is 4.67. The fourth-order valence-electron chi connectivity index (χ4n) is 3.65. The molecule has 0 radical (unpaired) electrons. The number of hydrogen-bond acceptors (Lipinski definition) is 5. The molecule has 0 spiro atoms. The summed E-state index contributed by atoms with van der Waals surface area (Å²) in [7, 11) is 0. The van der Waals surface area contributed by atoms with Crippen molar-refractivity contribution in [3.05, 3.63) is 100 Å².